The molecule has 3 aromatic carbocycles. The zero-order valence-corrected chi connectivity index (χ0v) is 20.0. The monoisotopic (exact) mass is 468 g/mol. The summed E-state index contributed by atoms with van der Waals surface area (Å²) in [6, 6.07) is 25.6. The van der Waals surface area contributed by atoms with Crippen molar-refractivity contribution in [2.24, 2.45) is 0 Å². The summed E-state index contributed by atoms with van der Waals surface area (Å²) in [6.07, 6.45) is 1.97. The molecule has 4 nitrogen and oxygen atoms in total. The first-order valence-corrected chi connectivity index (χ1v) is 11.9. The van der Waals surface area contributed by atoms with Gasteiger partial charge in [-0.15, -0.1) is 0 Å². The molecule has 0 saturated heterocycles. The number of para-hydroxylation sites is 1. The van der Waals surface area contributed by atoms with Gasteiger partial charge in [0.25, 0.3) is 5.91 Å². The highest BCUT2D eigenvalue weighted by molar-refractivity contribution is 6.12. The quantitative estimate of drug-likeness (QED) is 0.207. The Balaban J connectivity index is 2.02. The van der Waals surface area contributed by atoms with Gasteiger partial charge in [-0.1, -0.05) is 62.4 Å². The number of amides is 1. The van der Waals surface area contributed by atoms with Gasteiger partial charge in [0.05, 0.1) is 11.3 Å². The lowest BCUT2D eigenvalue weighted by Crippen LogP contribution is -2.16. The van der Waals surface area contributed by atoms with E-state index >= 15 is 0 Å². The molecule has 5 heteroatoms. The van der Waals surface area contributed by atoms with Crippen LogP contribution in [-0.2, 0) is 11.3 Å². The summed E-state index contributed by atoms with van der Waals surface area (Å²) in [5.41, 5.74) is 5.58. The molecule has 0 unspecified atom stereocenters. The highest BCUT2D eigenvalue weighted by atomic mass is 19.1. The molecule has 4 aromatic rings. The topological polar surface area (TPSA) is 51.1 Å². The van der Waals surface area contributed by atoms with Crippen LogP contribution in [0.25, 0.3) is 22.4 Å². The number of aromatic nitrogens is 1. The lowest BCUT2D eigenvalue weighted by molar-refractivity contribution is -0.107. The van der Waals surface area contributed by atoms with Crippen LogP contribution in [0.1, 0.15) is 48.7 Å². The summed E-state index contributed by atoms with van der Waals surface area (Å²) in [4.78, 5) is 25.0. The summed E-state index contributed by atoms with van der Waals surface area (Å²) < 4.78 is 16.0. The van der Waals surface area contributed by atoms with Crippen LogP contribution in [0.15, 0.2) is 84.9 Å². The molecule has 0 spiro atoms. The van der Waals surface area contributed by atoms with Crippen LogP contribution in [0.5, 0.6) is 0 Å². The van der Waals surface area contributed by atoms with Gasteiger partial charge < -0.3 is 14.7 Å². The van der Waals surface area contributed by atoms with Gasteiger partial charge in [-0.05, 0) is 59.9 Å². The number of carbonyl (C=O) groups is 2. The summed E-state index contributed by atoms with van der Waals surface area (Å²) in [7, 11) is 0. The largest absolute Gasteiger partial charge is 0.343 e. The second kappa shape index (κ2) is 11.0. The number of halogens is 1. The highest BCUT2D eigenvalue weighted by Crippen LogP contribution is 2.42. The van der Waals surface area contributed by atoms with Crippen LogP contribution in [0.2, 0.25) is 0 Å². The molecular formula is C30H29FN2O2. The zero-order chi connectivity index (χ0) is 24.8. The Labute approximate surface area is 205 Å². The maximum atomic E-state index is 13.9. The van der Waals surface area contributed by atoms with Gasteiger partial charge in [0, 0.05) is 29.9 Å². The van der Waals surface area contributed by atoms with E-state index < -0.39 is 0 Å². The Kier molecular flexibility index (Phi) is 7.56. The Morgan fingerprint density at radius 2 is 1.54 bits per heavy atom. The number of hydrogen-bond acceptors (Lipinski definition) is 2. The third kappa shape index (κ3) is 5.24. The standard InChI is InChI=1S/C30H29FN2O2/c1-21(2)28-27(30(35)32-25-13-7-4-8-14-25)26(22-11-5-3-6-12-22)29(33(28)19-9-10-20-34)23-15-17-24(31)18-16-23/h3-8,11-18,20-21H,9-10,19H2,1-2H3,(H,32,35). The maximum absolute atomic E-state index is 13.9. The molecule has 0 aliphatic heterocycles. The van der Waals surface area contributed by atoms with Crippen molar-refractivity contribution in [3.05, 3.63) is 102 Å². The molecule has 4 rings (SSSR count). The van der Waals surface area contributed by atoms with Crippen LogP contribution in [0, 0.1) is 5.82 Å². The molecule has 1 N–H and O–H groups in total. The minimum atomic E-state index is -0.319. The fourth-order valence-corrected chi connectivity index (χ4v) is 4.54. The number of rotatable bonds is 9. The Hall–Kier alpha value is -3.99. The van der Waals surface area contributed by atoms with Crippen molar-refractivity contribution < 1.29 is 14.0 Å². The van der Waals surface area contributed by atoms with Gasteiger partial charge in [-0.3, -0.25) is 4.79 Å². The molecule has 1 heterocycles. The first-order valence-electron chi connectivity index (χ1n) is 11.9. The second-order valence-electron chi connectivity index (χ2n) is 8.79. The molecule has 0 fully saturated rings. The van der Waals surface area contributed by atoms with Crippen LogP contribution in [-0.4, -0.2) is 16.8 Å². The first kappa shape index (κ1) is 24.1. The SMILES string of the molecule is CC(C)c1c(C(=O)Nc2ccccc2)c(-c2ccccc2)c(-c2ccc(F)cc2)n1CCCC=O. The Morgan fingerprint density at radius 1 is 0.914 bits per heavy atom. The van der Waals surface area contributed by atoms with E-state index in [0.717, 1.165) is 34.4 Å². The van der Waals surface area contributed by atoms with Crippen LogP contribution >= 0.6 is 0 Å². The van der Waals surface area contributed by atoms with Crippen molar-refractivity contribution in [1.82, 2.24) is 4.57 Å². The lowest BCUT2D eigenvalue weighted by atomic mass is 9.94. The average Bonchev–Trinajstić information content (AvgIpc) is 3.21. The van der Waals surface area contributed by atoms with Crippen LogP contribution in [0.3, 0.4) is 0 Å². The number of anilines is 1. The highest BCUT2D eigenvalue weighted by Gasteiger charge is 2.30. The minimum absolute atomic E-state index is 0.0272. The molecule has 0 bridgehead atoms. The molecular weight excluding hydrogens is 439 g/mol. The van der Waals surface area contributed by atoms with E-state index in [2.05, 4.69) is 23.7 Å². The maximum Gasteiger partial charge on any atom is 0.258 e. The minimum Gasteiger partial charge on any atom is -0.343 e. The summed E-state index contributed by atoms with van der Waals surface area (Å²) in [5.74, 6) is -0.490. The second-order valence-corrected chi connectivity index (χ2v) is 8.79. The van der Waals surface area contributed by atoms with E-state index in [1.807, 2.05) is 60.7 Å². The van der Waals surface area contributed by atoms with Crippen molar-refractivity contribution in [3.63, 3.8) is 0 Å². The summed E-state index contributed by atoms with van der Waals surface area (Å²) in [6.45, 7) is 4.69. The third-order valence-corrected chi connectivity index (χ3v) is 5.99. The van der Waals surface area contributed by atoms with Gasteiger partial charge in [0.1, 0.15) is 12.1 Å². The van der Waals surface area contributed by atoms with E-state index in [4.69, 9.17) is 0 Å². The Bertz CT molecular complexity index is 1290. The molecule has 0 aliphatic carbocycles. The number of nitrogens with zero attached hydrogens (tertiary/aromatic N) is 1. The fraction of sp³-hybridized carbons (Fsp3) is 0.200. The molecule has 1 aromatic heterocycles. The van der Waals surface area contributed by atoms with Crippen molar-refractivity contribution >= 4 is 17.9 Å². The normalized spacial score (nSPS) is 11.0. The van der Waals surface area contributed by atoms with E-state index in [9.17, 15) is 14.0 Å². The van der Waals surface area contributed by atoms with Crippen LogP contribution < -0.4 is 5.32 Å². The third-order valence-electron chi connectivity index (χ3n) is 5.99. The predicted molar refractivity (Wildman–Crippen MR) is 139 cm³/mol. The van der Waals surface area contributed by atoms with Crippen molar-refractivity contribution in [1.29, 1.82) is 0 Å². The molecule has 1 amide bonds. The van der Waals surface area contributed by atoms with Crippen molar-refractivity contribution in [2.75, 3.05) is 5.32 Å². The number of benzene rings is 3. The number of unbranched alkanes of at least 4 members (excludes halogenated alkanes) is 1. The smallest absolute Gasteiger partial charge is 0.258 e. The van der Waals surface area contributed by atoms with E-state index in [1.165, 1.54) is 12.1 Å². The number of nitrogens with one attached hydrogen (secondary N) is 1. The number of hydrogen-bond donors (Lipinski definition) is 1. The predicted octanol–water partition coefficient (Wildman–Crippen LogP) is 7.32. The lowest BCUT2D eigenvalue weighted by Gasteiger charge is -2.17. The zero-order valence-electron chi connectivity index (χ0n) is 20.0. The van der Waals surface area contributed by atoms with E-state index in [-0.39, 0.29) is 17.6 Å². The van der Waals surface area contributed by atoms with E-state index in [0.29, 0.717) is 30.6 Å². The molecule has 0 atom stereocenters. The van der Waals surface area contributed by atoms with Gasteiger partial charge in [-0.25, -0.2) is 4.39 Å². The first-order chi connectivity index (χ1) is 17.0. The number of aldehydes is 1. The van der Waals surface area contributed by atoms with E-state index in [1.54, 1.807) is 12.1 Å². The van der Waals surface area contributed by atoms with Gasteiger partial charge >= 0.3 is 0 Å². The molecule has 35 heavy (non-hydrogen) atoms. The summed E-state index contributed by atoms with van der Waals surface area (Å²) >= 11 is 0. The molecule has 0 radical (unpaired) electrons. The van der Waals surface area contributed by atoms with Crippen molar-refractivity contribution in [3.8, 4) is 22.4 Å². The van der Waals surface area contributed by atoms with Crippen molar-refractivity contribution in [2.45, 2.75) is 39.2 Å². The van der Waals surface area contributed by atoms with Gasteiger partial charge in [0.2, 0.25) is 0 Å². The molecule has 178 valence electrons. The number of carbonyl (C=O) groups excluding carboxylic acids is 2. The average molecular weight is 469 g/mol. The van der Waals surface area contributed by atoms with Crippen LogP contribution in [0.4, 0.5) is 10.1 Å². The van der Waals surface area contributed by atoms with Gasteiger partial charge in [-0.2, -0.15) is 0 Å². The van der Waals surface area contributed by atoms with Gasteiger partial charge in [0.15, 0.2) is 0 Å². The summed E-state index contributed by atoms with van der Waals surface area (Å²) in [5, 5.41) is 3.06. The Morgan fingerprint density at radius 3 is 2.14 bits per heavy atom. The fourth-order valence-electron chi connectivity index (χ4n) is 4.54. The molecule has 0 aliphatic rings. The molecule has 0 saturated carbocycles.